The van der Waals surface area contributed by atoms with Crippen molar-refractivity contribution in [3.8, 4) is 0 Å². The van der Waals surface area contributed by atoms with Crippen LogP contribution in [-0.2, 0) is 0 Å². The van der Waals surface area contributed by atoms with E-state index in [1.165, 1.54) is 0 Å². The fourth-order valence-corrected chi connectivity index (χ4v) is 2.31. The van der Waals surface area contributed by atoms with Crippen molar-refractivity contribution < 1.29 is 5.11 Å². The van der Waals surface area contributed by atoms with Crippen molar-refractivity contribution in [1.82, 2.24) is 14.9 Å². The van der Waals surface area contributed by atoms with Gasteiger partial charge in [0.2, 0.25) is 0 Å². The average molecular weight is 265 g/mol. The largest absolute Gasteiger partial charge is 0.389 e. The molecule has 1 aliphatic heterocycles. The molecule has 1 aromatic heterocycles. The van der Waals surface area contributed by atoms with E-state index in [1.54, 1.807) is 12.4 Å². The Morgan fingerprint density at radius 1 is 1.26 bits per heavy atom. The van der Waals surface area contributed by atoms with Crippen LogP contribution >= 0.6 is 0 Å². The van der Waals surface area contributed by atoms with Gasteiger partial charge in [0.15, 0.2) is 0 Å². The van der Waals surface area contributed by atoms with Crippen molar-refractivity contribution >= 4 is 11.6 Å². The first kappa shape index (κ1) is 14.0. The van der Waals surface area contributed by atoms with Gasteiger partial charge in [-0.3, -0.25) is 9.88 Å². The molecule has 0 atom stereocenters. The Morgan fingerprint density at radius 3 is 2.53 bits per heavy atom. The van der Waals surface area contributed by atoms with Crippen molar-refractivity contribution in [3.05, 3.63) is 12.4 Å². The maximum Gasteiger partial charge on any atom is 0.149 e. The van der Waals surface area contributed by atoms with E-state index in [2.05, 4.69) is 25.1 Å². The third-order valence-electron chi connectivity index (χ3n) is 3.18. The zero-order valence-electron chi connectivity index (χ0n) is 11.9. The molecule has 6 nitrogen and oxygen atoms in total. The van der Waals surface area contributed by atoms with Crippen molar-refractivity contribution in [2.45, 2.75) is 19.4 Å². The summed E-state index contributed by atoms with van der Waals surface area (Å²) < 4.78 is 0. The molecule has 1 saturated heterocycles. The average Bonchev–Trinajstić information content (AvgIpc) is 2.38. The molecule has 0 spiro atoms. The maximum absolute atomic E-state index is 9.84. The van der Waals surface area contributed by atoms with Gasteiger partial charge in [-0.05, 0) is 13.8 Å². The van der Waals surface area contributed by atoms with Gasteiger partial charge in [-0.2, -0.15) is 0 Å². The first-order valence-electron chi connectivity index (χ1n) is 6.67. The molecule has 1 aromatic rings. The molecule has 0 aliphatic carbocycles. The highest BCUT2D eigenvalue weighted by molar-refractivity contribution is 5.43. The molecule has 19 heavy (non-hydrogen) atoms. The molecule has 0 aromatic carbocycles. The molecule has 0 saturated carbocycles. The molecule has 0 amide bonds. The molecule has 2 heterocycles. The molecular weight excluding hydrogens is 242 g/mol. The third-order valence-corrected chi connectivity index (χ3v) is 3.18. The lowest BCUT2D eigenvalue weighted by atomic mass is 10.1. The minimum absolute atomic E-state index is 0.631. The van der Waals surface area contributed by atoms with Crippen molar-refractivity contribution in [2.24, 2.45) is 0 Å². The van der Waals surface area contributed by atoms with Crippen LogP contribution in [0, 0.1) is 0 Å². The van der Waals surface area contributed by atoms with E-state index in [0.717, 1.165) is 37.8 Å². The molecule has 1 aliphatic rings. The molecule has 106 valence electrons. The van der Waals surface area contributed by atoms with Gasteiger partial charge in [0.05, 0.1) is 18.0 Å². The number of rotatable bonds is 4. The number of aliphatic hydroxyl groups is 1. The summed E-state index contributed by atoms with van der Waals surface area (Å²) in [4.78, 5) is 13.2. The summed E-state index contributed by atoms with van der Waals surface area (Å²) in [6.07, 6.45) is 3.51. The van der Waals surface area contributed by atoms with Gasteiger partial charge in [-0.1, -0.05) is 0 Å². The van der Waals surface area contributed by atoms with Crippen LogP contribution in [0.3, 0.4) is 0 Å². The number of β-amino-alcohol motifs (C(OH)–C–C–N with tert-alkyl or cyclic N) is 1. The van der Waals surface area contributed by atoms with Crippen molar-refractivity contribution in [3.63, 3.8) is 0 Å². The van der Waals surface area contributed by atoms with E-state index in [9.17, 15) is 5.11 Å². The topological polar surface area (TPSA) is 64.5 Å². The monoisotopic (exact) mass is 265 g/mol. The Bertz CT molecular complexity index is 410. The number of nitrogens with zero attached hydrogens (tertiary/aromatic N) is 4. The van der Waals surface area contributed by atoms with Crippen molar-refractivity contribution in [1.29, 1.82) is 0 Å². The van der Waals surface area contributed by atoms with Crippen LogP contribution in [0.25, 0.3) is 0 Å². The normalized spacial score (nSPS) is 17.6. The van der Waals surface area contributed by atoms with Gasteiger partial charge in [-0.15, -0.1) is 0 Å². The molecule has 1 fully saturated rings. The van der Waals surface area contributed by atoms with Gasteiger partial charge < -0.3 is 15.3 Å². The predicted octanol–water partition coefficient (Wildman–Crippen LogP) is 0.411. The van der Waals surface area contributed by atoms with E-state index in [1.807, 2.05) is 20.9 Å². The number of hydrogen-bond acceptors (Lipinski definition) is 6. The lowest BCUT2D eigenvalue weighted by Gasteiger charge is -2.37. The van der Waals surface area contributed by atoms with E-state index in [-0.39, 0.29) is 0 Å². The van der Waals surface area contributed by atoms with Crippen molar-refractivity contribution in [2.75, 3.05) is 50.0 Å². The van der Waals surface area contributed by atoms with Crippen LogP contribution in [0.5, 0.6) is 0 Å². The first-order valence-corrected chi connectivity index (χ1v) is 6.67. The number of hydrogen-bond donors (Lipinski definition) is 2. The summed E-state index contributed by atoms with van der Waals surface area (Å²) in [6.45, 7) is 8.12. The maximum atomic E-state index is 9.84. The van der Waals surface area contributed by atoms with Crippen LogP contribution < -0.4 is 10.2 Å². The van der Waals surface area contributed by atoms with Crippen LogP contribution in [0.4, 0.5) is 11.6 Å². The summed E-state index contributed by atoms with van der Waals surface area (Å²) in [5.74, 6) is 1.70. The summed E-state index contributed by atoms with van der Waals surface area (Å²) in [5.41, 5.74) is -0.631. The van der Waals surface area contributed by atoms with Crippen LogP contribution in [0.1, 0.15) is 13.8 Å². The van der Waals surface area contributed by atoms with Gasteiger partial charge in [0, 0.05) is 39.8 Å². The fourth-order valence-electron chi connectivity index (χ4n) is 2.31. The van der Waals surface area contributed by atoms with E-state index in [4.69, 9.17) is 0 Å². The lowest BCUT2D eigenvalue weighted by Crippen LogP contribution is -2.50. The zero-order chi connectivity index (χ0) is 13.9. The highest BCUT2D eigenvalue weighted by atomic mass is 16.3. The molecule has 0 unspecified atom stereocenters. The second kappa shape index (κ2) is 5.71. The van der Waals surface area contributed by atoms with Crippen LogP contribution in [0.15, 0.2) is 12.4 Å². The molecule has 0 radical (unpaired) electrons. The first-order chi connectivity index (χ1) is 8.98. The Kier molecular flexibility index (Phi) is 4.21. The highest BCUT2D eigenvalue weighted by Crippen LogP contribution is 2.15. The number of nitrogens with one attached hydrogen (secondary N) is 1. The number of anilines is 2. The molecular formula is C13H23N5O. The Labute approximate surface area is 114 Å². The zero-order valence-corrected chi connectivity index (χ0v) is 11.9. The quantitative estimate of drug-likeness (QED) is 0.822. The Morgan fingerprint density at radius 2 is 1.95 bits per heavy atom. The van der Waals surface area contributed by atoms with Gasteiger partial charge in [-0.25, -0.2) is 4.98 Å². The fraction of sp³-hybridized carbons (Fsp3) is 0.692. The standard InChI is InChI=1S/C13H23N5O/c1-13(2,19)10-17-4-6-18(7-5-17)12-9-15-8-11(14-3)16-12/h8-9,19H,4-7,10H2,1-3H3,(H,14,16). The van der Waals surface area contributed by atoms with Crippen LogP contribution in [-0.4, -0.2) is 65.3 Å². The Hall–Kier alpha value is -1.40. The van der Waals surface area contributed by atoms with E-state index in [0.29, 0.717) is 6.54 Å². The minimum Gasteiger partial charge on any atom is -0.389 e. The lowest BCUT2D eigenvalue weighted by molar-refractivity contribution is 0.0344. The highest BCUT2D eigenvalue weighted by Gasteiger charge is 2.23. The summed E-state index contributed by atoms with van der Waals surface area (Å²) in [6, 6.07) is 0. The smallest absolute Gasteiger partial charge is 0.149 e. The SMILES string of the molecule is CNc1cncc(N2CCN(CC(C)(C)O)CC2)n1. The second-order valence-corrected chi connectivity index (χ2v) is 5.59. The molecule has 0 bridgehead atoms. The van der Waals surface area contributed by atoms with Gasteiger partial charge in [0.1, 0.15) is 11.6 Å². The predicted molar refractivity (Wildman–Crippen MR) is 76.5 cm³/mol. The van der Waals surface area contributed by atoms with Gasteiger partial charge in [0.25, 0.3) is 0 Å². The summed E-state index contributed by atoms with van der Waals surface area (Å²) >= 11 is 0. The number of piperazine rings is 1. The minimum atomic E-state index is -0.631. The third kappa shape index (κ3) is 4.04. The Balaban J connectivity index is 1.92. The van der Waals surface area contributed by atoms with E-state index < -0.39 is 5.60 Å². The second-order valence-electron chi connectivity index (χ2n) is 5.59. The summed E-state index contributed by atoms with van der Waals surface area (Å²) in [5, 5.41) is 12.8. The van der Waals surface area contributed by atoms with Gasteiger partial charge >= 0.3 is 0 Å². The number of aromatic nitrogens is 2. The summed E-state index contributed by atoms with van der Waals surface area (Å²) in [7, 11) is 1.84. The molecule has 2 N–H and O–H groups in total. The van der Waals surface area contributed by atoms with Crippen LogP contribution in [0.2, 0.25) is 0 Å². The van der Waals surface area contributed by atoms with E-state index >= 15 is 0 Å². The molecule has 6 heteroatoms. The molecule has 2 rings (SSSR count).